The van der Waals surface area contributed by atoms with Gasteiger partial charge in [-0.15, -0.1) is 10.3 Å². The summed E-state index contributed by atoms with van der Waals surface area (Å²) in [5.74, 6) is 0. The van der Waals surface area contributed by atoms with Crippen LogP contribution in [0.25, 0.3) is 0 Å². The highest BCUT2D eigenvalue weighted by molar-refractivity contribution is 5.67. The molecule has 5 heteroatoms. The van der Waals surface area contributed by atoms with Crippen molar-refractivity contribution in [2.45, 2.75) is 57.7 Å². The molecule has 0 spiro atoms. The molecule has 0 N–H and O–H groups in total. The third-order valence-electron chi connectivity index (χ3n) is 3.19. The first-order chi connectivity index (χ1) is 7.56. The number of hydroxylamine groups is 2. The van der Waals surface area contributed by atoms with E-state index in [1.54, 1.807) is 14.1 Å². The molecule has 0 bridgehead atoms. The molecule has 17 heavy (non-hydrogen) atoms. The van der Waals surface area contributed by atoms with Crippen LogP contribution in [0, 0.1) is 0 Å². The highest BCUT2D eigenvalue weighted by atomic mass is 16.6. The van der Waals surface area contributed by atoms with Gasteiger partial charge >= 0.3 is 6.09 Å². The van der Waals surface area contributed by atoms with Gasteiger partial charge in [-0.25, -0.2) is 4.79 Å². The maximum atomic E-state index is 12.1. The van der Waals surface area contributed by atoms with Gasteiger partial charge in [0.1, 0.15) is 6.10 Å². The minimum absolute atomic E-state index is 0.194. The molecule has 0 aliphatic carbocycles. The molecule has 0 aromatic rings. The van der Waals surface area contributed by atoms with E-state index in [0.29, 0.717) is 12.8 Å². The molecule has 1 saturated heterocycles. The molecule has 1 radical (unpaired) electrons. The second-order valence-electron chi connectivity index (χ2n) is 6.23. The summed E-state index contributed by atoms with van der Waals surface area (Å²) in [4.78, 5) is 12.9. The van der Waals surface area contributed by atoms with Crippen molar-refractivity contribution in [2.24, 2.45) is 0 Å². The highest BCUT2D eigenvalue weighted by Gasteiger charge is 2.47. The summed E-state index contributed by atoms with van der Waals surface area (Å²) in [6.07, 6.45) is 0.597. The summed E-state index contributed by atoms with van der Waals surface area (Å²) in [6, 6.07) is 0. The van der Waals surface area contributed by atoms with Crippen LogP contribution in [0.5, 0.6) is 0 Å². The van der Waals surface area contributed by atoms with E-state index < -0.39 is 11.1 Å². The predicted octanol–water partition coefficient (Wildman–Crippen LogP) is 2.05. The Morgan fingerprint density at radius 2 is 1.59 bits per heavy atom. The second kappa shape index (κ2) is 4.46. The first-order valence-corrected chi connectivity index (χ1v) is 5.92. The van der Waals surface area contributed by atoms with Gasteiger partial charge in [-0.3, -0.25) is 0 Å². The number of ether oxygens (including phenoxy) is 1. The molecule has 1 aliphatic rings. The fourth-order valence-corrected chi connectivity index (χ4v) is 2.50. The zero-order valence-electron chi connectivity index (χ0n) is 11.6. The van der Waals surface area contributed by atoms with E-state index in [0.717, 1.165) is 5.06 Å². The van der Waals surface area contributed by atoms with Crippen molar-refractivity contribution >= 4 is 6.09 Å². The topological polar surface area (TPSA) is 52.7 Å². The molecule has 0 unspecified atom stereocenters. The number of carbonyl (C=O) groups excluding carboxylic acids is 1. The minimum atomic E-state index is -0.501. The Bertz CT molecular complexity index is 282. The molecule has 1 amide bonds. The van der Waals surface area contributed by atoms with Crippen molar-refractivity contribution in [3.8, 4) is 0 Å². The van der Waals surface area contributed by atoms with Crippen molar-refractivity contribution in [1.82, 2.24) is 9.96 Å². The number of hydrogen-bond donors (Lipinski definition) is 0. The lowest BCUT2D eigenvalue weighted by Crippen LogP contribution is -2.60. The molecule has 1 fully saturated rings. The number of amides is 1. The van der Waals surface area contributed by atoms with Gasteiger partial charge in [-0.1, -0.05) is 0 Å². The Hall–Kier alpha value is -0.810. The lowest BCUT2D eigenvalue weighted by Gasteiger charge is -2.49. The van der Waals surface area contributed by atoms with Gasteiger partial charge in [0.25, 0.3) is 0 Å². The Balaban J connectivity index is 2.75. The van der Waals surface area contributed by atoms with Crippen molar-refractivity contribution in [1.29, 1.82) is 0 Å². The summed E-state index contributed by atoms with van der Waals surface area (Å²) >= 11 is 0. The Labute approximate surface area is 103 Å². The van der Waals surface area contributed by atoms with E-state index in [-0.39, 0.29) is 12.2 Å². The molecular formula is C12H23N2O3. The number of nitrogens with zero attached hydrogens (tertiary/aromatic N) is 2. The minimum Gasteiger partial charge on any atom is -0.446 e. The average molecular weight is 243 g/mol. The summed E-state index contributed by atoms with van der Waals surface area (Å²) in [5.41, 5.74) is -1.00. The van der Waals surface area contributed by atoms with E-state index in [1.165, 1.54) is 4.90 Å². The molecule has 0 aromatic carbocycles. The van der Waals surface area contributed by atoms with Crippen molar-refractivity contribution in [2.75, 3.05) is 14.1 Å². The normalized spacial score (nSPS) is 24.4. The van der Waals surface area contributed by atoms with Gasteiger partial charge in [0.05, 0.1) is 0 Å². The maximum Gasteiger partial charge on any atom is 0.409 e. The molecule has 1 heterocycles. The first kappa shape index (κ1) is 14.3. The molecule has 1 aliphatic heterocycles. The van der Waals surface area contributed by atoms with E-state index in [1.807, 2.05) is 27.7 Å². The van der Waals surface area contributed by atoms with Gasteiger partial charge < -0.3 is 9.64 Å². The van der Waals surface area contributed by atoms with Gasteiger partial charge in [-0.2, -0.15) is 0 Å². The van der Waals surface area contributed by atoms with Crippen molar-refractivity contribution in [3.63, 3.8) is 0 Å². The predicted molar refractivity (Wildman–Crippen MR) is 63.9 cm³/mol. The fourth-order valence-electron chi connectivity index (χ4n) is 2.50. The number of piperidine rings is 1. The SMILES string of the molecule is CN(C)C(=O)OC1CC(C)(C)N([O])C(C)(C)C1. The summed E-state index contributed by atoms with van der Waals surface area (Å²) < 4.78 is 5.39. The summed E-state index contributed by atoms with van der Waals surface area (Å²) in [6.45, 7) is 7.55. The smallest absolute Gasteiger partial charge is 0.409 e. The van der Waals surface area contributed by atoms with Gasteiger partial charge in [0.2, 0.25) is 0 Å². The third kappa shape index (κ3) is 3.10. The van der Waals surface area contributed by atoms with Crippen LogP contribution < -0.4 is 0 Å². The van der Waals surface area contributed by atoms with Crippen LogP contribution in [0.4, 0.5) is 4.79 Å². The number of hydrogen-bond acceptors (Lipinski definition) is 3. The van der Waals surface area contributed by atoms with E-state index >= 15 is 0 Å². The van der Waals surface area contributed by atoms with Crippen molar-refractivity contribution in [3.05, 3.63) is 0 Å². The zero-order chi connectivity index (χ0) is 13.4. The number of rotatable bonds is 1. The van der Waals surface area contributed by atoms with Crippen LogP contribution in [-0.4, -0.2) is 47.3 Å². The van der Waals surface area contributed by atoms with Crippen LogP contribution in [0.2, 0.25) is 0 Å². The molecule has 0 atom stereocenters. The van der Waals surface area contributed by atoms with Gasteiger partial charge in [0.15, 0.2) is 0 Å². The third-order valence-corrected chi connectivity index (χ3v) is 3.19. The molecule has 1 rings (SSSR count). The van der Waals surface area contributed by atoms with E-state index in [2.05, 4.69) is 0 Å². The van der Waals surface area contributed by atoms with Crippen LogP contribution >= 0.6 is 0 Å². The van der Waals surface area contributed by atoms with Crippen LogP contribution in [0.1, 0.15) is 40.5 Å². The van der Waals surface area contributed by atoms with E-state index in [9.17, 15) is 10.0 Å². The van der Waals surface area contributed by atoms with Gasteiger partial charge in [0, 0.05) is 38.0 Å². The zero-order valence-corrected chi connectivity index (χ0v) is 11.6. The monoisotopic (exact) mass is 243 g/mol. The largest absolute Gasteiger partial charge is 0.446 e. The van der Waals surface area contributed by atoms with Crippen molar-refractivity contribution < 1.29 is 14.7 Å². The Morgan fingerprint density at radius 3 is 1.94 bits per heavy atom. The lowest BCUT2D eigenvalue weighted by atomic mass is 9.80. The molecule has 0 aromatic heterocycles. The molecule has 0 saturated carbocycles. The summed E-state index contributed by atoms with van der Waals surface area (Å²) in [5, 5.41) is 13.2. The quantitative estimate of drug-likeness (QED) is 0.708. The second-order valence-corrected chi connectivity index (χ2v) is 6.23. The molecule has 5 nitrogen and oxygen atoms in total. The lowest BCUT2D eigenvalue weighted by molar-refractivity contribution is -0.298. The Kier molecular flexibility index (Phi) is 3.74. The fraction of sp³-hybridized carbons (Fsp3) is 0.917. The molecule has 99 valence electrons. The Morgan fingerprint density at radius 1 is 1.18 bits per heavy atom. The number of carbonyl (C=O) groups is 1. The van der Waals surface area contributed by atoms with Gasteiger partial charge in [-0.05, 0) is 27.7 Å². The maximum absolute atomic E-state index is 12.1. The average Bonchev–Trinajstić information content (AvgIpc) is 2.12. The van der Waals surface area contributed by atoms with Crippen LogP contribution in [-0.2, 0) is 9.94 Å². The summed E-state index contributed by atoms with van der Waals surface area (Å²) in [7, 11) is 3.31. The van der Waals surface area contributed by atoms with Crippen LogP contribution in [0.3, 0.4) is 0 Å². The standard InChI is InChI=1S/C12H23N2O3/c1-11(2)7-9(17-10(15)13(5)6)8-12(3,4)14(11)16/h9H,7-8H2,1-6H3. The first-order valence-electron chi connectivity index (χ1n) is 5.92. The van der Waals surface area contributed by atoms with E-state index in [4.69, 9.17) is 4.74 Å². The van der Waals surface area contributed by atoms with Crippen LogP contribution in [0.15, 0.2) is 0 Å². The molecular weight excluding hydrogens is 220 g/mol. The highest BCUT2D eigenvalue weighted by Crippen LogP contribution is 2.38.